The Morgan fingerprint density at radius 2 is 2.23 bits per heavy atom. The number of nitrogens with one attached hydrogen (secondary N) is 1. The van der Waals surface area contributed by atoms with Gasteiger partial charge in [-0.25, -0.2) is 0 Å². The van der Waals surface area contributed by atoms with Crippen LogP contribution in [-0.2, 0) is 0 Å². The van der Waals surface area contributed by atoms with Crippen molar-refractivity contribution in [3.8, 4) is 0 Å². The highest BCUT2D eigenvalue weighted by Gasteiger charge is 2.20. The maximum absolute atomic E-state index is 12.0. The van der Waals surface area contributed by atoms with Gasteiger partial charge in [-0.2, -0.15) is 0 Å². The van der Waals surface area contributed by atoms with Crippen LogP contribution in [-0.4, -0.2) is 22.5 Å². The van der Waals surface area contributed by atoms with Crippen LogP contribution in [0.15, 0.2) is 35.7 Å². The quantitative estimate of drug-likeness (QED) is 0.624. The molecule has 6 nitrogen and oxygen atoms in total. The molecule has 2 N–H and O–H groups in total. The second-order valence-corrected chi connectivity index (χ2v) is 5.91. The second kappa shape index (κ2) is 7.35. The van der Waals surface area contributed by atoms with Gasteiger partial charge in [-0.05, 0) is 30.0 Å². The van der Waals surface area contributed by atoms with Gasteiger partial charge in [0.05, 0.1) is 11.0 Å². The van der Waals surface area contributed by atoms with E-state index >= 15 is 0 Å². The largest absolute Gasteiger partial charge is 0.388 e. The molecule has 0 radical (unpaired) electrons. The molecule has 0 saturated carbocycles. The van der Waals surface area contributed by atoms with Crippen LogP contribution in [0.4, 0.5) is 5.69 Å². The Labute approximate surface area is 135 Å². The lowest BCUT2D eigenvalue weighted by Gasteiger charge is -2.10. The second-order valence-electron chi connectivity index (χ2n) is 4.49. The first-order valence-electron chi connectivity index (χ1n) is 6.42. The predicted molar refractivity (Wildman–Crippen MR) is 84.3 cm³/mol. The molecular weight excluding hydrogens is 328 g/mol. The first-order valence-corrected chi connectivity index (χ1v) is 7.68. The number of carbonyl (C=O) groups excluding carboxylic acids is 1. The highest BCUT2D eigenvalue weighted by molar-refractivity contribution is 7.10. The molecule has 2 rings (SSSR count). The molecule has 0 saturated heterocycles. The number of halogens is 1. The maximum atomic E-state index is 12.0. The summed E-state index contributed by atoms with van der Waals surface area (Å²) < 4.78 is 0. The minimum absolute atomic E-state index is 0.0943. The first-order chi connectivity index (χ1) is 10.5. The smallest absolute Gasteiger partial charge is 0.282 e. The average Bonchev–Trinajstić information content (AvgIpc) is 3.00. The van der Waals surface area contributed by atoms with Crippen molar-refractivity contribution in [1.29, 1.82) is 0 Å². The number of nitrogens with zero attached hydrogens (tertiary/aromatic N) is 1. The molecule has 1 aromatic heterocycles. The zero-order valence-corrected chi connectivity index (χ0v) is 12.9. The minimum atomic E-state index is -0.672. The third-order valence-corrected chi connectivity index (χ3v) is 4.18. The molecule has 0 aliphatic rings. The van der Waals surface area contributed by atoms with E-state index < -0.39 is 16.9 Å². The van der Waals surface area contributed by atoms with Gasteiger partial charge >= 0.3 is 0 Å². The fourth-order valence-corrected chi connectivity index (χ4v) is 2.81. The summed E-state index contributed by atoms with van der Waals surface area (Å²) in [6.45, 7) is 0.196. The number of hydrogen-bond acceptors (Lipinski definition) is 5. The summed E-state index contributed by atoms with van der Waals surface area (Å²) in [7, 11) is 0. The summed E-state index contributed by atoms with van der Waals surface area (Å²) >= 11 is 7.20. The highest BCUT2D eigenvalue weighted by atomic mass is 35.5. The number of hydrogen-bond donors (Lipinski definition) is 2. The zero-order valence-electron chi connectivity index (χ0n) is 11.4. The van der Waals surface area contributed by atoms with E-state index in [-0.39, 0.29) is 22.8 Å². The number of aliphatic hydroxyl groups is 1. The number of aliphatic hydroxyl groups excluding tert-OH is 1. The number of rotatable bonds is 6. The number of nitro benzene ring substituents is 1. The number of thiophene rings is 1. The van der Waals surface area contributed by atoms with Crippen LogP contribution in [0.25, 0.3) is 0 Å². The van der Waals surface area contributed by atoms with Crippen LogP contribution in [0, 0.1) is 10.1 Å². The van der Waals surface area contributed by atoms with Gasteiger partial charge in [0, 0.05) is 22.5 Å². The van der Waals surface area contributed by atoms with Crippen LogP contribution >= 0.6 is 22.9 Å². The summed E-state index contributed by atoms with van der Waals surface area (Å²) in [5.74, 6) is -0.590. The molecule has 1 atom stereocenters. The van der Waals surface area contributed by atoms with Crippen LogP contribution < -0.4 is 5.32 Å². The van der Waals surface area contributed by atoms with Gasteiger partial charge in [-0.3, -0.25) is 14.9 Å². The lowest BCUT2D eigenvalue weighted by molar-refractivity contribution is -0.385. The topological polar surface area (TPSA) is 92.5 Å². The van der Waals surface area contributed by atoms with E-state index in [0.29, 0.717) is 6.42 Å². The molecule has 0 bridgehead atoms. The highest BCUT2D eigenvalue weighted by Crippen LogP contribution is 2.23. The van der Waals surface area contributed by atoms with E-state index in [2.05, 4.69) is 5.32 Å². The molecule has 1 aromatic carbocycles. The molecule has 0 spiro atoms. The van der Waals surface area contributed by atoms with Crippen molar-refractivity contribution in [2.45, 2.75) is 12.5 Å². The van der Waals surface area contributed by atoms with Crippen LogP contribution in [0.1, 0.15) is 27.8 Å². The Hall–Kier alpha value is -1.96. The number of carbonyl (C=O) groups is 1. The first kappa shape index (κ1) is 16.4. The van der Waals surface area contributed by atoms with E-state index in [1.165, 1.54) is 29.5 Å². The fourth-order valence-electron chi connectivity index (χ4n) is 1.89. The van der Waals surface area contributed by atoms with Crippen LogP contribution in [0.2, 0.25) is 5.02 Å². The molecule has 2 aromatic rings. The molecule has 22 heavy (non-hydrogen) atoms. The fraction of sp³-hybridized carbons (Fsp3) is 0.214. The summed E-state index contributed by atoms with van der Waals surface area (Å²) in [5, 5.41) is 25.5. The predicted octanol–water partition coefficient (Wildman–Crippen LogP) is 3.16. The van der Waals surface area contributed by atoms with Crippen LogP contribution in [0.3, 0.4) is 0 Å². The van der Waals surface area contributed by atoms with E-state index in [9.17, 15) is 20.0 Å². The normalized spacial score (nSPS) is 11.9. The summed E-state index contributed by atoms with van der Waals surface area (Å²) in [6, 6.07) is 7.44. The van der Waals surface area contributed by atoms with E-state index in [1.54, 1.807) is 6.07 Å². The van der Waals surface area contributed by atoms with Crippen molar-refractivity contribution in [1.82, 2.24) is 5.32 Å². The zero-order chi connectivity index (χ0) is 16.1. The standard InChI is InChI=1S/C14H13ClN2O4S/c15-9-3-4-11(17(20)21)10(8-9)14(19)16-6-5-12(18)13-2-1-7-22-13/h1-4,7-8,12,18H,5-6H2,(H,16,19). The summed E-state index contributed by atoms with van der Waals surface area (Å²) in [5.41, 5.74) is -0.399. The lowest BCUT2D eigenvalue weighted by Crippen LogP contribution is -2.26. The Morgan fingerprint density at radius 1 is 1.45 bits per heavy atom. The summed E-state index contributed by atoms with van der Waals surface area (Å²) in [6.07, 6.45) is -0.352. The van der Waals surface area contributed by atoms with Crippen molar-refractivity contribution in [2.24, 2.45) is 0 Å². The van der Waals surface area contributed by atoms with Gasteiger partial charge < -0.3 is 10.4 Å². The van der Waals surface area contributed by atoms with Gasteiger partial charge in [0.1, 0.15) is 5.56 Å². The van der Waals surface area contributed by atoms with Crippen molar-refractivity contribution in [3.63, 3.8) is 0 Å². The third-order valence-electron chi connectivity index (χ3n) is 2.97. The Balaban J connectivity index is 1.98. The average molecular weight is 341 g/mol. The lowest BCUT2D eigenvalue weighted by atomic mass is 10.1. The molecule has 8 heteroatoms. The van der Waals surface area contributed by atoms with E-state index in [1.807, 2.05) is 11.4 Å². The van der Waals surface area contributed by atoms with Gasteiger partial charge in [0.2, 0.25) is 0 Å². The van der Waals surface area contributed by atoms with Gasteiger partial charge in [0.15, 0.2) is 0 Å². The number of benzene rings is 1. The third kappa shape index (κ3) is 4.03. The molecule has 116 valence electrons. The minimum Gasteiger partial charge on any atom is -0.388 e. The number of amides is 1. The molecule has 0 fully saturated rings. The summed E-state index contributed by atoms with van der Waals surface area (Å²) in [4.78, 5) is 23.1. The Kier molecular flexibility index (Phi) is 5.48. The number of nitro groups is 1. The molecule has 1 heterocycles. The molecule has 1 amide bonds. The SMILES string of the molecule is O=C(NCCC(O)c1cccs1)c1cc(Cl)ccc1[N+](=O)[O-]. The van der Waals surface area contributed by atoms with Crippen molar-refractivity contribution in [3.05, 3.63) is 61.3 Å². The monoisotopic (exact) mass is 340 g/mol. The van der Waals surface area contributed by atoms with Crippen molar-refractivity contribution >= 4 is 34.5 Å². The molecule has 0 aliphatic heterocycles. The molecule has 0 aliphatic carbocycles. The van der Waals surface area contributed by atoms with E-state index in [0.717, 1.165) is 4.88 Å². The van der Waals surface area contributed by atoms with Crippen LogP contribution in [0.5, 0.6) is 0 Å². The van der Waals surface area contributed by atoms with Gasteiger partial charge in [0.25, 0.3) is 11.6 Å². The maximum Gasteiger partial charge on any atom is 0.282 e. The van der Waals surface area contributed by atoms with Gasteiger partial charge in [-0.1, -0.05) is 17.7 Å². The van der Waals surface area contributed by atoms with E-state index in [4.69, 9.17) is 11.6 Å². The molecular formula is C14H13ClN2O4S. The Bertz CT molecular complexity index is 675. The Morgan fingerprint density at radius 3 is 2.86 bits per heavy atom. The molecule has 1 unspecified atom stereocenters. The van der Waals surface area contributed by atoms with Gasteiger partial charge in [-0.15, -0.1) is 11.3 Å². The van der Waals surface area contributed by atoms with Crippen molar-refractivity contribution in [2.75, 3.05) is 6.54 Å². The van der Waals surface area contributed by atoms with Crippen molar-refractivity contribution < 1.29 is 14.8 Å².